The summed E-state index contributed by atoms with van der Waals surface area (Å²) in [6, 6.07) is 20.1. The molecular formula is C25H23Cl2N3O2. The average molecular weight is 468 g/mol. The van der Waals surface area contributed by atoms with Crippen molar-refractivity contribution in [2.75, 3.05) is 36.4 Å². The third-order valence-electron chi connectivity index (χ3n) is 5.61. The zero-order chi connectivity index (χ0) is 22.7. The number of piperazine rings is 1. The average Bonchev–Trinajstić information content (AvgIpc) is 2.79. The molecule has 1 aliphatic rings. The predicted octanol–water partition coefficient (Wildman–Crippen LogP) is 5.52. The standard InChI is InChI=1S/C25H23Cl2N3O2/c1-17-4-2-3-5-21(17)25(32)30-14-12-29(13-15-30)20-9-7-19(8-10-20)28-24(31)22-11-6-18(26)16-23(22)27/h2-11,16H,12-15H2,1H3,(H,28,31). The zero-order valence-electron chi connectivity index (χ0n) is 17.6. The normalized spacial score (nSPS) is 13.7. The Kier molecular flexibility index (Phi) is 6.68. The number of aryl methyl sites for hydroxylation is 1. The van der Waals surface area contributed by atoms with Crippen molar-refractivity contribution >= 4 is 46.4 Å². The summed E-state index contributed by atoms with van der Waals surface area (Å²) in [5.41, 5.74) is 3.86. The van der Waals surface area contributed by atoms with Crippen LogP contribution in [0, 0.1) is 6.92 Å². The fraction of sp³-hybridized carbons (Fsp3) is 0.200. The molecule has 0 aromatic heterocycles. The molecule has 0 spiro atoms. The number of benzene rings is 3. The van der Waals surface area contributed by atoms with E-state index in [9.17, 15) is 9.59 Å². The van der Waals surface area contributed by atoms with Crippen molar-refractivity contribution in [2.24, 2.45) is 0 Å². The second-order valence-corrected chi connectivity index (χ2v) is 8.56. The SMILES string of the molecule is Cc1ccccc1C(=O)N1CCN(c2ccc(NC(=O)c3ccc(Cl)cc3Cl)cc2)CC1. The van der Waals surface area contributed by atoms with Crippen LogP contribution >= 0.6 is 23.2 Å². The number of carbonyl (C=O) groups is 2. The number of hydrogen-bond donors (Lipinski definition) is 1. The van der Waals surface area contributed by atoms with E-state index in [0.29, 0.717) is 34.4 Å². The molecule has 3 aromatic rings. The Morgan fingerprint density at radius 3 is 2.19 bits per heavy atom. The van der Waals surface area contributed by atoms with Gasteiger partial charge in [-0.2, -0.15) is 0 Å². The molecule has 0 saturated carbocycles. The van der Waals surface area contributed by atoms with Crippen molar-refractivity contribution in [3.63, 3.8) is 0 Å². The molecule has 3 aromatic carbocycles. The number of halogens is 2. The first kappa shape index (κ1) is 22.2. The van der Waals surface area contributed by atoms with Gasteiger partial charge in [-0.1, -0.05) is 41.4 Å². The van der Waals surface area contributed by atoms with Gasteiger partial charge in [0.15, 0.2) is 0 Å². The van der Waals surface area contributed by atoms with Gasteiger partial charge in [0, 0.05) is 48.1 Å². The molecule has 1 N–H and O–H groups in total. The lowest BCUT2D eigenvalue weighted by molar-refractivity contribution is 0.0746. The third-order valence-corrected chi connectivity index (χ3v) is 6.16. The van der Waals surface area contributed by atoms with E-state index in [2.05, 4.69) is 10.2 Å². The highest BCUT2D eigenvalue weighted by molar-refractivity contribution is 6.37. The summed E-state index contributed by atoms with van der Waals surface area (Å²) in [5.74, 6) is -0.204. The van der Waals surface area contributed by atoms with Gasteiger partial charge in [-0.25, -0.2) is 0 Å². The Morgan fingerprint density at radius 1 is 0.844 bits per heavy atom. The van der Waals surface area contributed by atoms with E-state index in [0.717, 1.165) is 29.9 Å². The molecule has 7 heteroatoms. The minimum Gasteiger partial charge on any atom is -0.368 e. The van der Waals surface area contributed by atoms with E-state index in [4.69, 9.17) is 23.2 Å². The molecule has 1 heterocycles. The van der Waals surface area contributed by atoms with Gasteiger partial charge >= 0.3 is 0 Å². The number of nitrogens with zero attached hydrogens (tertiary/aromatic N) is 2. The summed E-state index contributed by atoms with van der Waals surface area (Å²) in [5, 5.41) is 3.65. The molecule has 0 atom stereocenters. The molecule has 2 amide bonds. The van der Waals surface area contributed by atoms with Crippen LogP contribution in [0.1, 0.15) is 26.3 Å². The van der Waals surface area contributed by atoms with Crippen molar-refractivity contribution in [1.82, 2.24) is 4.90 Å². The van der Waals surface area contributed by atoms with Crippen LogP contribution < -0.4 is 10.2 Å². The maximum absolute atomic E-state index is 12.8. The minimum atomic E-state index is -0.289. The second-order valence-electron chi connectivity index (χ2n) is 7.72. The maximum atomic E-state index is 12.8. The third kappa shape index (κ3) is 4.90. The predicted molar refractivity (Wildman–Crippen MR) is 130 cm³/mol. The highest BCUT2D eigenvalue weighted by Crippen LogP contribution is 2.24. The summed E-state index contributed by atoms with van der Waals surface area (Å²) in [7, 11) is 0. The minimum absolute atomic E-state index is 0.0849. The zero-order valence-corrected chi connectivity index (χ0v) is 19.2. The quantitative estimate of drug-likeness (QED) is 0.549. The molecule has 0 aliphatic carbocycles. The first-order chi connectivity index (χ1) is 15.4. The largest absolute Gasteiger partial charge is 0.368 e. The lowest BCUT2D eigenvalue weighted by atomic mass is 10.1. The van der Waals surface area contributed by atoms with Crippen LogP contribution in [0.3, 0.4) is 0 Å². The van der Waals surface area contributed by atoms with Gasteiger partial charge in [0.2, 0.25) is 0 Å². The molecule has 1 fully saturated rings. The van der Waals surface area contributed by atoms with Crippen LogP contribution in [0.15, 0.2) is 66.7 Å². The van der Waals surface area contributed by atoms with Gasteiger partial charge in [-0.3, -0.25) is 9.59 Å². The van der Waals surface area contributed by atoms with Gasteiger partial charge in [-0.05, 0) is 61.0 Å². The van der Waals surface area contributed by atoms with E-state index in [1.165, 1.54) is 0 Å². The van der Waals surface area contributed by atoms with Gasteiger partial charge in [0.1, 0.15) is 0 Å². The Balaban J connectivity index is 1.35. The van der Waals surface area contributed by atoms with Crippen LogP contribution in [0.5, 0.6) is 0 Å². The molecule has 164 valence electrons. The van der Waals surface area contributed by atoms with Gasteiger partial charge in [0.05, 0.1) is 10.6 Å². The van der Waals surface area contributed by atoms with E-state index >= 15 is 0 Å². The van der Waals surface area contributed by atoms with Crippen LogP contribution in [-0.4, -0.2) is 42.9 Å². The van der Waals surface area contributed by atoms with Crippen molar-refractivity contribution in [2.45, 2.75) is 6.92 Å². The monoisotopic (exact) mass is 467 g/mol. The van der Waals surface area contributed by atoms with Gasteiger partial charge in [0.25, 0.3) is 11.8 Å². The van der Waals surface area contributed by atoms with Crippen molar-refractivity contribution in [3.8, 4) is 0 Å². The molecule has 32 heavy (non-hydrogen) atoms. The number of amides is 2. The molecule has 0 radical (unpaired) electrons. The lowest BCUT2D eigenvalue weighted by Crippen LogP contribution is -2.48. The number of hydrogen-bond acceptors (Lipinski definition) is 3. The van der Waals surface area contributed by atoms with Gasteiger partial charge < -0.3 is 15.1 Å². The van der Waals surface area contributed by atoms with E-state index in [1.54, 1.807) is 18.2 Å². The molecule has 1 saturated heterocycles. The molecule has 5 nitrogen and oxygen atoms in total. The number of carbonyl (C=O) groups excluding carboxylic acids is 2. The molecule has 0 bridgehead atoms. The summed E-state index contributed by atoms with van der Waals surface area (Å²) >= 11 is 12.0. The van der Waals surface area contributed by atoms with Crippen molar-refractivity contribution in [1.29, 1.82) is 0 Å². The van der Waals surface area contributed by atoms with E-state index in [-0.39, 0.29) is 11.8 Å². The first-order valence-corrected chi connectivity index (χ1v) is 11.1. The first-order valence-electron chi connectivity index (χ1n) is 10.4. The van der Waals surface area contributed by atoms with E-state index in [1.807, 2.05) is 60.4 Å². The Morgan fingerprint density at radius 2 is 1.53 bits per heavy atom. The van der Waals surface area contributed by atoms with E-state index < -0.39 is 0 Å². The highest BCUT2D eigenvalue weighted by Gasteiger charge is 2.23. The number of anilines is 2. The topological polar surface area (TPSA) is 52.7 Å². The molecule has 1 aliphatic heterocycles. The van der Waals surface area contributed by atoms with Crippen LogP contribution in [-0.2, 0) is 0 Å². The Labute approximate surface area is 197 Å². The van der Waals surface area contributed by atoms with Crippen molar-refractivity contribution < 1.29 is 9.59 Å². The summed E-state index contributed by atoms with van der Waals surface area (Å²) in [6.45, 7) is 4.81. The van der Waals surface area contributed by atoms with Crippen molar-refractivity contribution in [3.05, 3.63) is 93.5 Å². The van der Waals surface area contributed by atoms with Crippen LogP contribution in [0.4, 0.5) is 11.4 Å². The molecular weight excluding hydrogens is 445 g/mol. The summed E-state index contributed by atoms with van der Waals surface area (Å²) < 4.78 is 0. The second kappa shape index (κ2) is 9.63. The lowest BCUT2D eigenvalue weighted by Gasteiger charge is -2.36. The Hall–Kier alpha value is -3.02. The maximum Gasteiger partial charge on any atom is 0.257 e. The van der Waals surface area contributed by atoms with Gasteiger partial charge in [-0.15, -0.1) is 0 Å². The Bertz CT molecular complexity index is 1140. The number of rotatable bonds is 4. The smallest absolute Gasteiger partial charge is 0.257 e. The van der Waals surface area contributed by atoms with Crippen LogP contribution in [0.2, 0.25) is 10.0 Å². The fourth-order valence-corrected chi connectivity index (χ4v) is 4.27. The molecule has 4 rings (SSSR count). The fourth-order valence-electron chi connectivity index (χ4n) is 3.78. The summed E-state index contributed by atoms with van der Waals surface area (Å²) in [4.78, 5) is 29.5. The summed E-state index contributed by atoms with van der Waals surface area (Å²) in [6.07, 6.45) is 0. The highest BCUT2D eigenvalue weighted by atomic mass is 35.5. The molecule has 0 unspecified atom stereocenters. The van der Waals surface area contributed by atoms with Crippen LogP contribution in [0.25, 0.3) is 0 Å². The number of nitrogens with one attached hydrogen (secondary N) is 1.